The number of aliphatic hydroxyl groups is 2. The Morgan fingerprint density at radius 1 is 0.786 bits per heavy atom. The summed E-state index contributed by atoms with van der Waals surface area (Å²) < 4.78 is 23.5. The summed E-state index contributed by atoms with van der Waals surface area (Å²) in [5.74, 6) is 0. The van der Waals surface area contributed by atoms with Gasteiger partial charge in [0.2, 0.25) is 0 Å². The normalized spacial score (nSPS) is 33.6. The van der Waals surface area contributed by atoms with Crippen LogP contribution in [0.15, 0.2) is 48.5 Å². The Kier molecular flexibility index (Phi) is 6.20. The fraction of sp³-hybridized carbons (Fsp3) is 0.400. The number of halogens is 2. The van der Waals surface area contributed by atoms with Gasteiger partial charge in [-0.25, -0.2) is 0 Å². The van der Waals surface area contributed by atoms with Gasteiger partial charge in [0.1, 0.15) is 24.4 Å². The van der Waals surface area contributed by atoms with Gasteiger partial charge in [-0.1, -0.05) is 47.5 Å². The monoisotopic (exact) mass is 426 g/mol. The third-order valence-corrected chi connectivity index (χ3v) is 5.22. The molecule has 0 aliphatic carbocycles. The fourth-order valence-corrected chi connectivity index (χ4v) is 3.72. The molecule has 0 amide bonds. The number of hydrogen-bond donors (Lipinski definition) is 2. The largest absolute Gasteiger partial charge is 0.388 e. The molecule has 2 unspecified atom stereocenters. The van der Waals surface area contributed by atoms with Gasteiger partial charge in [0.25, 0.3) is 0 Å². The quantitative estimate of drug-likeness (QED) is 0.767. The van der Waals surface area contributed by atoms with E-state index in [9.17, 15) is 10.2 Å². The molecule has 0 radical (unpaired) electrons. The predicted molar refractivity (Wildman–Crippen MR) is 102 cm³/mol. The topological polar surface area (TPSA) is 77.4 Å². The second kappa shape index (κ2) is 8.65. The number of fused-ring (bicyclic) bond motifs is 1. The molecule has 0 spiro atoms. The molecule has 0 bridgehead atoms. The second-order valence-corrected chi connectivity index (χ2v) is 7.65. The molecule has 6 atom stereocenters. The van der Waals surface area contributed by atoms with E-state index in [0.29, 0.717) is 15.6 Å². The van der Waals surface area contributed by atoms with Gasteiger partial charge in [0, 0.05) is 21.2 Å². The lowest BCUT2D eigenvalue weighted by Gasteiger charge is -2.42. The summed E-state index contributed by atoms with van der Waals surface area (Å²) in [7, 11) is 0. The highest BCUT2D eigenvalue weighted by atomic mass is 35.5. The molecule has 2 aromatic rings. The minimum Gasteiger partial charge on any atom is -0.388 e. The Morgan fingerprint density at radius 3 is 1.96 bits per heavy atom. The van der Waals surface area contributed by atoms with Crippen LogP contribution in [0.2, 0.25) is 10.0 Å². The predicted octanol–water partition coefficient (Wildman–Crippen LogP) is 3.24. The maximum absolute atomic E-state index is 10.6. The lowest BCUT2D eigenvalue weighted by molar-refractivity contribution is -0.332. The zero-order valence-corrected chi connectivity index (χ0v) is 16.3. The lowest BCUT2D eigenvalue weighted by atomic mass is 10.0. The van der Waals surface area contributed by atoms with E-state index in [1.807, 2.05) is 12.1 Å². The molecule has 4 rings (SSSR count). The molecule has 2 heterocycles. The van der Waals surface area contributed by atoms with Crippen molar-refractivity contribution in [2.45, 2.75) is 37.0 Å². The van der Waals surface area contributed by atoms with Crippen molar-refractivity contribution in [3.05, 3.63) is 69.7 Å². The van der Waals surface area contributed by atoms with Crippen LogP contribution in [-0.2, 0) is 18.9 Å². The minimum atomic E-state index is -1.20. The fourth-order valence-electron chi connectivity index (χ4n) is 3.32. The molecule has 150 valence electrons. The molecule has 2 aromatic carbocycles. The summed E-state index contributed by atoms with van der Waals surface area (Å²) >= 11 is 12.1. The first-order valence-corrected chi connectivity index (χ1v) is 9.68. The van der Waals surface area contributed by atoms with Crippen molar-refractivity contribution in [1.29, 1.82) is 0 Å². The first-order chi connectivity index (χ1) is 13.5. The van der Waals surface area contributed by atoms with Gasteiger partial charge >= 0.3 is 0 Å². The number of rotatable bonds is 2. The van der Waals surface area contributed by atoms with Crippen molar-refractivity contribution in [3.63, 3.8) is 0 Å². The van der Waals surface area contributed by atoms with Crippen LogP contribution in [-0.4, -0.2) is 47.8 Å². The molecule has 2 aliphatic rings. The van der Waals surface area contributed by atoms with E-state index in [-0.39, 0.29) is 13.2 Å². The van der Waals surface area contributed by atoms with Crippen molar-refractivity contribution in [1.82, 2.24) is 0 Å². The highest BCUT2D eigenvalue weighted by Gasteiger charge is 2.44. The van der Waals surface area contributed by atoms with Crippen molar-refractivity contribution < 1.29 is 29.2 Å². The third-order valence-electron chi connectivity index (χ3n) is 4.75. The van der Waals surface area contributed by atoms with E-state index in [4.69, 9.17) is 42.1 Å². The summed E-state index contributed by atoms with van der Waals surface area (Å²) in [5, 5.41) is 22.0. The maximum atomic E-state index is 10.6. The van der Waals surface area contributed by atoms with Crippen molar-refractivity contribution in [2.75, 3.05) is 13.2 Å². The van der Waals surface area contributed by atoms with E-state index in [1.54, 1.807) is 36.4 Å². The van der Waals surface area contributed by atoms with Crippen LogP contribution in [0.25, 0.3) is 0 Å². The summed E-state index contributed by atoms with van der Waals surface area (Å²) in [6.07, 6.45) is -5.30. The van der Waals surface area contributed by atoms with Crippen LogP contribution >= 0.6 is 23.2 Å². The average molecular weight is 427 g/mol. The highest BCUT2D eigenvalue weighted by molar-refractivity contribution is 6.30. The van der Waals surface area contributed by atoms with E-state index in [2.05, 4.69) is 0 Å². The summed E-state index contributed by atoms with van der Waals surface area (Å²) in [6.45, 7) is 0.0274. The number of aliphatic hydroxyl groups excluding tert-OH is 2. The minimum absolute atomic E-state index is 0.117. The molecule has 0 saturated carbocycles. The standard InChI is InChI=1S/C20H20Cl2O6/c21-13-5-1-3-11(7-13)19-25-9-15(23)17(24)18-16(27-19)10-26-20(28-18)12-4-2-6-14(22)8-12/h1-8,15-20,23-24H,9-10H2/t15-,16+,17+,18+,19?,20?/m1/s1. The smallest absolute Gasteiger partial charge is 0.184 e. The Bertz CT molecular complexity index is 819. The van der Waals surface area contributed by atoms with Gasteiger partial charge in [-0.2, -0.15) is 0 Å². The zero-order valence-electron chi connectivity index (χ0n) is 14.8. The summed E-state index contributed by atoms with van der Waals surface area (Å²) in [6, 6.07) is 14.2. The SMILES string of the molecule is O[C@@H]1[C@H]2OC(c3cccc(Cl)c3)OC[C@@H]2OC(c2cccc(Cl)c2)OC[C@H]1O. The number of benzene rings is 2. The first-order valence-electron chi connectivity index (χ1n) is 8.92. The highest BCUT2D eigenvalue weighted by Crippen LogP contribution is 2.35. The molecule has 28 heavy (non-hydrogen) atoms. The maximum Gasteiger partial charge on any atom is 0.184 e. The lowest BCUT2D eigenvalue weighted by Crippen LogP contribution is -2.55. The van der Waals surface area contributed by atoms with Crippen molar-refractivity contribution in [2.24, 2.45) is 0 Å². The summed E-state index contributed by atoms with van der Waals surface area (Å²) in [4.78, 5) is 0. The molecular formula is C20H20Cl2O6. The van der Waals surface area contributed by atoms with E-state index >= 15 is 0 Å². The number of ether oxygens (including phenoxy) is 4. The van der Waals surface area contributed by atoms with E-state index in [1.165, 1.54) is 0 Å². The van der Waals surface area contributed by atoms with Gasteiger partial charge in [-0.15, -0.1) is 0 Å². The molecule has 6 nitrogen and oxygen atoms in total. The Balaban J connectivity index is 1.56. The Hall–Kier alpha value is -1.22. The first kappa shape index (κ1) is 20.1. The van der Waals surface area contributed by atoms with Crippen LogP contribution in [0.4, 0.5) is 0 Å². The van der Waals surface area contributed by atoms with Crippen LogP contribution in [0.3, 0.4) is 0 Å². The Labute approximate surface area is 172 Å². The van der Waals surface area contributed by atoms with Crippen molar-refractivity contribution >= 4 is 23.2 Å². The second-order valence-electron chi connectivity index (χ2n) is 6.77. The van der Waals surface area contributed by atoms with E-state index < -0.39 is 37.0 Å². The van der Waals surface area contributed by atoms with Gasteiger partial charge in [0.15, 0.2) is 12.6 Å². The van der Waals surface area contributed by atoms with Gasteiger partial charge in [-0.05, 0) is 24.3 Å². The van der Waals surface area contributed by atoms with Gasteiger partial charge in [-0.3, -0.25) is 0 Å². The molecule has 0 aromatic heterocycles. The third kappa shape index (κ3) is 4.35. The van der Waals surface area contributed by atoms with E-state index in [0.717, 1.165) is 5.56 Å². The van der Waals surface area contributed by atoms with Crippen molar-refractivity contribution in [3.8, 4) is 0 Å². The van der Waals surface area contributed by atoms with Crippen LogP contribution in [0, 0.1) is 0 Å². The molecule has 2 fully saturated rings. The zero-order chi connectivity index (χ0) is 19.7. The van der Waals surface area contributed by atoms with Gasteiger partial charge in [0.05, 0.1) is 13.2 Å². The average Bonchev–Trinajstić information content (AvgIpc) is 2.69. The van der Waals surface area contributed by atoms with Crippen LogP contribution in [0.5, 0.6) is 0 Å². The molecular weight excluding hydrogens is 407 g/mol. The number of hydrogen-bond acceptors (Lipinski definition) is 6. The van der Waals surface area contributed by atoms with Crippen LogP contribution in [0.1, 0.15) is 23.7 Å². The van der Waals surface area contributed by atoms with Gasteiger partial charge < -0.3 is 29.2 Å². The molecule has 2 aliphatic heterocycles. The molecule has 2 saturated heterocycles. The Morgan fingerprint density at radius 2 is 1.36 bits per heavy atom. The molecule has 8 heteroatoms. The molecule has 2 N–H and O–H groups in total. The van der Waals surface area contributed by atoms with Crippen LogP contribution < -0.4 is 0 Å². The summed E-state index contributed by atoms with van der Waals surface area (Å²) in [5.41, 5.74) is 1.42.